The second-order valence-corrected chi connectivity index (χ2v) is 8.50. The molecule has 3 aromatic rings. The standard InChI is InChI=1S/C21H19F3N2O4/c1-19(2)9-20(28,21(22,23)24)17(27)11-3-4-14-16(15(11)19)30-18(29-14)12-7-10-5-6-25-8-13(10)26-12/h3-8,17-18,26-28H,9H2,1-2H3. The van der Waals surface area contributed by atoms with Crippen molar-refractivity contribution in [3.8, 4) is 11.5 Å². The molecule has 3 N–H and O–H groups in total. The normalized spacial score (nSPS) is 27.3. The van der Waals surface area contributed by atoms with Gasteiger partial charge in [0.05, 0.1) is 17.4 Å². The fraction of sp³-hybridized carbons (Fsp3) is 0.381. The average molecular weight is 420 g/mol. The van der Waals surface area contributed by atoms with E-state index in [1.165, 1.54) is 12.1 Å². The average Bonchev–Trinajstić information content (AvgIpc) is 3.27. The van der Waals surface area contributed by atoms with Gasteiger partial charge < -0.3 is 24.7 Å². The van der Waals surface area contributed by atoms with E-state index < -0.39 is 36.0 Å². The van der Waals surface area contributed by atoms with Crippen LogP contribution in [0.2, 0.25) is 0 Å². The highest BCUT2D eigenvalue weighted by Crippen LogP contribution is 2.58. The molecule has 30 heavy (non-hydrogen) atoms. The molecule has 1 aromatic carbocycles. The van der Waals surface area contributed by atoms with E-state index in [-0.39, 0.29) is 11.3 Å². The van der Waals surface area contributed by atoms with Crippen LogP contribution in [0.1, 0.15) is 49.5 Å². The number of aromatic amines is 1. The second kappa shape index (κ2) is 5.89. The minimum absolute atomic E-state index is 0.0186. The smallest absolute Gasteiger partial charge is 0.420 e. The zero-order chi connectivity index (χ0) is 21.5. The van der Waals surface area contributed by atoms with Crippen molar-refractivity contribution in [2.45, 2.75) is 49.9 Å². The third-order valence-corrected chi connectivity index (χ3v) is 5.94. The molecule has 3 unspecified atom stereocenters. The molecule has 0 saturated carbocycles. The van der Waals surface area contributed by atoms with Crippen LogP contribution < -0.4 is 9.47 Å². The van der Waals surface area contributed by atoms with Crippen LogP contribution in [0.15, 0.2) is 36.7 Å². The highest BCUT2D eigenvalue weighted by atomic mass is 19.4. The maximum atomic E-state index is 13.6. The van der Waals surface area contributed by atoms with Crippen LogP contribution in [0.5, 0.6) is 11.5 Å². The first-order valence-corrected chi connectivity index (χ1v) is 9.42. The van der Waals surface area contributed by atoms with E-state index in [4.69, 9.17) is 9.47 Å². The summed E-state index contributed by atoms with van der Waals surface area (Å²) in [7, 11) is 0. The lowest BCUT2D eigenvalue weighted by Gasteiger charge is -2.46. The molecule has 2 aromatic heterocycles. The van der Waals surface area contributed by atoms with Crippen LogP contribution in [0.3, 0.4) is 0 Å². The lowest BCUT2D eigenvalue weighted by Crippen LogP contribution is -2.56. The molecular formula is C21H19F3N2O4. The van der Waals surface area contributed by atoms with E-state index in [0.717, 1.165) is 10.9 Å². The third-order valence-electron chi connectivity index (χ3n) is 5.94. The Morgan fingerprint density at radius 2 is 1.97 bits per heavy atom. The summed E-state index contributed by atoms with van der Waals surface area (Å²) in [6.45, 7) is 3.17. The fourth-order valence-corrected chi connectivity index (χ4v) is 4.58. The van der Waals surface area contributed by atoms with Gasteiger partial charge in [-0.15, -0.1) is 0 Å². The van der Waals surface area contributed by atoms with Crippen LogP contribution in [0.4, 0.5) is 13.2 Å². The minimum Gasteiger partial charge on any atom is -0.445 e. The molecule has 0 bridgehead atoms. The number of alkyl halides is 3. The Labute approximate surface area is 169 Å². The second-order valence-electron chi connectivity index (χ2n) is 8.50. The zero-order valence-electron chi connectivity index (χ0n) is 16.1. The van der Waals surface area contributed by atoms with Crippen LogP contribution in [0, 0.1) is 0 Å². The van der Waals surface area contributed by atoms with Crippen molar-refractivity contribution >= 4 is 10.9 Å². The van der Waals surface area contributed by atoms with Gasteiger partial charge in [0, 0.05) is 17.1 Å². The lowest BCUT2D eigenvalue weighted by atomic mass is 9.64. The summed E-state index contributed by atoms with van der Waals surface area (Å²) >= 11 is 0. The van der Waals surface area contributed by atoms with Crippen molar-refractivity contribution in [3.63, 3.8) is 0 Å². The third kappa shape index (κ3) is 2.55. The number of nitrogens with zero attached hydrogens (tertiary/aromatic N) is 1. The Kier molecular flexibility index (Phi) is 3.77. The number of pyridine rings is 1. The van der Waals surface area contributed by atoms with Gasteiger partial charge in [-0.05, 0) is 35.6 Å². The first-order valence-electron chi connectivity index (χ1n) is 9.42. The van der Waals surface area contributed by atoms with Crippen LogP contribution in [-0.2, 0) is 5.41 Å². The van der Waals surface area contributed by atoms with E-state index in [1.54, 1.807) is 26.2 Å². The number of aliphatic hydroxyl groups excluding tert-OH is 1. The predicted octanol–water partition coefficient (Wildman–Crippen LogP) is 4.04. The fourth-order valence-electron chi connectivity index (χ4n) is 4.58. The van der Waals surface area contributed by atoms with Gasteiger partial charge in [-0.2, -0.15) is 13.2 Å². The van der Waals surface area contributed by atoms with Gasteiger partial charge >= 0.3 is 6.18 Å². The topological polar surface area (TPSA) is 87.6 Å². The Morgan fingerprint density at radius 1 is 1.20 bits per heavy atom. The number of nitrogens with one attached hydrogen (secondary N) is 1. The van der Waals surface area contributed by atoms with Crippen molar-refractivity contribution in [3.05, 3.63) is 53.5 Å². The molecule has 6 nitrogen and oxygen atoms in total. The van der Waals surface area contributed by atoms with E-state index in [9.17, 15) is 23.4 Å². The molecule has 0 amide bonds. The number of ether oxygens (including phenoxy) is 2. The SMILES string of the molecule is CC1(C)CC(O)(C(F)(F)F)C(O)c2ccc3c(c21)OC(c1cc2ccncc2[nH]1)O3. The van der Waals surface area contributed by atoms with Gasteiger partial charge in [0.15, 0.2) is 17.1 Å². The van der Waals surface area contributed by atoms with Gasteiger partial charge in [-0.1, -0.05) is 19.9 Å². The largest absolute Gasteiger partial charge is 0.445 e. The summed E-state index contributed by atoms with van der Waals surface area (Å²) in [5.74, 6) is 0.649. The Balaban J connectivity index is 1.58. The Bertz CT molecular complexity index is 1120. The number of aromatic nitrogens is 2. The van der Waals surface area contributed by atoms with E-state index in [2.05, 4.69) is 9.97 Å². The van der Waals surface area contributed by atoms with Crippen molar-refractivity contribution in [2.24, 2.45) is 0 Å². The van der Waals surface area contributed by atoms with E-state index in [1.807, 2.05) is 12.1 Å². The molecular weight excluding hydrogens is 401 g/mol. The molecule has 2 aliphatic rings. The van der Waals surface area contributed by atoms with Gasteiger partial charge in [0.1, 0.15) is 6.10 Å². The monoisotopic (exact) mass is 420 g/mol. The van der Waals surface area contributed by atoms with Gasteiger partial charge in [-0.3, -0.25) is 4.98 Å². The number of H-pyrrole nitrogens is 1. The zero-order valence-corrected chi connectivity index (χ0v) is 16.1. The predicted molar refractivity (Wildman–Crippen MR) is 100 cm³/mol. The molecule has 0 saturated heterocycles. The summed E-state index contributed by atoms with van der Waals surface area (Å²) in [6, 6.07) is 6.50. The first-order chi connectivity index (χ1) is 14.0. The molecule has 0 radical (unpaired) electrons. The van der Waals surface area contributed by atoms with Crippen molar-refractivity contribution in [2.75, 3.05) is 0 Å². The van der Waals surface area contributed by atoms with Crippen LogP contribution in [0.25, 0.3) is 10.9 Å². The number of rotatable bonds is 1. The van der Waals surface area contributed by atoms with Gasteiger partial charge in [0.25, 0.3) is 6.29 Å². The number of hydrogen-bond donors (Lipinski definition) is 3. The first kappa shape index (κ1) is 19.2. The maximum Gasteiger partial charge on any atom is 0.420 e. The summed E-state index contributed by atoms with van der Waals surface area (Å²) < 4.78 is 52.7. The molecule has 0 fully saturated rings. The number of hydrogen-bond acceptors (Lipinski definition) is 5. The summed E-state index contributed by atoms with van der Waals surface area (Å²) in [4.78, 5) is 7.22. The molecule has 158 valence electrons. The quantitative estimate of drug-likeness (QED) is 0.553. The minimum atomic E-state index is -4.99. The van der Waals surface area contributed by atoms with Crippen LogP contribution >= 0.6 is 0 Å². The van der Waals surface area contributed by atoms with Gasteiger partial charge in [0.2, 0.25) is 0 Å². The molecule has 3 heterocycles. The molecule has 9 heteroatoms. The number of benzene rings is 1. The van der Waals surface area contributed by atoms with Crippen molar-refractivity contribution in [1.82, 2.24) is 9.97 Å². The summed E-state index contributed by atoms with van der Waals surface area (Å²) in [5, 5.41) is 21.8. The van der Waals surface area contributed by atoms with E-state index >= 15 is 0 Å². The lowest BCUT2D eigenvalue weighted by molar-refractivity contribution is -0.302. The molecule has 0 spiro atoms. The van der Waals surface area contributed by atoms with Crippen molar-refractivity contribution in [1.29, 1.82) is 0 Å². The van der Waals surface area contributed by atoms with Crippen LogP contribution in [-0.4, -0.2) is 32.0 Å². The number of halogens is 3. The highest BCUT2D eigenvalue weighted by molar-refractivity contribution is 5.79. The maximum absolute atomic E-state index is 13.6. The van der Waals surface area contributed by atoms with Crippen molar-refractivity contribution < 1.29 is 32.9 Å². The number of aliphatic hydroxyl groups is 2. The summed E-state index contributed by atoms with van der Waals surface area (Å²) in [6.07, 6.45) is -5.32. The Morgan fingerprint density at radius 3 is 2.67 bits per heavy atom. The molecule has 1 aliphatic carbocycles. The summed E-state index contributed by atoms with van der Waals surface area (Å²) in [5.41, 5.74) is -2.57. The van der Waals surface area contributed by atoms with Gasteiger partial charge in [-0.25, -0.2) is 0 Å². The Hall–Kier alpha value is -2.78. The highest BCUT2D eigenvalue weighted by Gasteiger charge is 2.64. The van der Waals surface area contributed by atoms with E-state index in [0.29, 0.717) is 17.0 Å². The number of fused-ring (bicyclic) bond motifs is 4. The molecule has 1 aliphatic heterocycles. The molecule has 5 rings (SSSR count). The molecule has 3 atom stereocenters.